The van der Waals surface area contributed by atoms with Crippen LogP contribution in [0.1, 0.15) is 0 Å². The molecule has 0 saturated carbocycles. The molecule has 9 heteroatoms. The van der Waals surface area contributed by atoms with Crippen molar-refractivity contribution < 1.29 is 36.7 Å². The van der Waals surface area contributed by atoms with Crippen LogP contribution in [0.2, 0.25) is 0 Å². The SMILES string of the molecule is OB(O)OC(F)C(F)(F)C(F)F. The molecule has 72 valence electrons. The Hall–Kier alpha value is -0.405. The van der Waals surface area contributed by atoms with Gasteiger partial charge < -0.3 is 14.7 Å². The van der Waals surface area contributed by atoms with Crippen molar-refractivity contribution in [3.8, 4) is 0 Å². The van der Waals surface area contributed by atoms with Gasteiger partial charge in [-0.15, -0.1) is 0 Å². The topological polar surface area (TPSA) is 49.7 Å². The van der Waals surface area contributed by atoms with E-state index >= 15 is 0 Å². The van der Waals surface area contributed by atoms with E-state index in [1.807, 2.05) is 0 Å². The first-order chi connectivity index (χ1) is 5.28. The summed E-state index contributed by atoms with van der Waals surface area (Å²) in [5.41, 5.74) is 0. The molecule has 0 aromatic rings. The third-order valence-electron chi connectivity index (χ3n) is 0.835. The predicted octanol–water partition coefficient (Wildman–Crippen LogP) is 0.169. The van der Waals surface area contributed by atoms with Crippen molar-refractivity contribution in [1.29, 1.82) is 0 Å². The predicted molar refractivity (Wildman–Crippen MR) is 27.1 cm³/mol. The maximum Gasteiger partial charge on any atom is 0.636 e. The van der Waals surface area contributed by atoms with Gasteiger partial charge in [-0.1, -0.05) is 0 Å². The second-order valence-corrected chi connectivity index (χ2v) is 1.75. The second kappa shape index (κ2) is 4.01. The Balaban J connectivity index is 4.15. The second-order valence-electron chi connectivity index (χ2n) is 1.75. The van der Waals surface area contributed by atoms with E-state index < -0.39 is 26.0 Å². The van der Waals surface area contributed by atoms with E-state index in [-0.39, 0.29) is 0 Å². The van der Waals surface area contributed by atoms with Crippen LogP contribution in [0.25, 0.3) is 0 Å². The van der Waals surface area contributed by atoms with Gasteiger partial charge in [-0.2, -0.15) is 8.78 Å². The zero-order valence-electron chi connectivity index (χ0n) is 5.42. The molecule has 0 aliphatic heterocycles. The molecule has 0 radical (unpaired) electrons. The van der Waals surface area contributed by atoms with Crippen molar-refractivity contribution in [3.63, 3.8) is 0 Å². The monoisotopic (exact) mass is 194 g/mol. The van der Waals surface area contributed by atoms with E-state index in [0.717, 1.165) is 0 Å². The fraction of sp³-hybridized carbons (Fsp3) is 1.00. The first-order valence-electron chi connectivity index (χ1n) is 2.60. The maximum atomic E-state index is 11.9. The largest absolute Gasteiger partial charge is 0.636 e. The molecule has 0 aromatic heterocycles. The fourth-order valence-corrected chi connectivity index (χ4v) is 0.297. The molecular formula is C3H4BF5O3. The molecule has 2 N–H and O–H groups in total. The van der Waals surface area contributed by atoms with Gasteiger partial charge in [0.25, 0.3) is 6.36 Å². The zero-order chi connectivity index (χ0) is 9.94. The molecule has 12 heavy (non-hydrogen) atoms. The smallest absolute Gasteiger partial charge is 0.402 e. The summed E-state index contributed by atoms with van der Waals surface area (Å²) < 4.78 is 61.1. The van der Waals surface area contributed by atoms with Crippen LogP contribution in [-0.2, 0) is 4.65 Å². The third kappa shape index (κ3) is 2.91. The van der Waals surface area contributed by atoms with Crippen molar-refractivity contribution >= 4 is 7.32 Å². The van der Waals surface area contributed by atoms with Crippen molar-refractivity contribution in [1.82, 2.24) is 0 Å². The zero-order valence-corrected chi connectivity index (χ0v) is 5.42. The molecule has 0 amide bonds. The summed E-state index contributed by atoms with van der Waals surface area (Å²) in [4.78, 5) is 0. The van der Waals surface area contributed by atoms with Crippen LogP contribution >= 0.6 is 0 Å². The van der Waals surface area contributed by atoms with E-state index in [4.69, 9.17) is 10.0 Å². The van der Waals surface area contributed by atoms with E-state index in [1.165, 1.54) is 0 Å². The summed E-state index contributed by atoms with van der Waals surface area (Å²) in [5.74, 6) is -5.05. The Labute approximate surface area is 63.9 Å². The summed E-state index contributed by atoms with van der Waals surface area (Å²) in [6, 6.07) is 0. The molecule has 0 aromatic carbocycles. The molecule has 0 saturated heterocycles. The number of hydrogen-bond acceptors (Lipinski definition) is 3. The molecule has 3 nitrogen and oxygen atoms in total. The van der Waals surface area contributed by atoms with Crippen LogP contribution in [0.15, 0.2) is 0 Å². The van der Waals surface area contributed by atoms with Gasteiger partial charge in [-0.05, 0) is 0 Å². The van der Waals surface area contributed by atoms with Crippen molar-refractivity contribution in [2.24, 2.45) is 0 Å². The number of alkyl halides is 5. The minimum atomic E-state index is -5.05. The van der Waals surface area contributed by atoms with E-state index in [2.05, 4.69) is 4.65 Å². The van der Waals surface area contributed by atoms with Gasteiger partial charge in [0.15, 0.2) is 0 Å². The highest BCUT2D eigenvalue weighted by Crippen LogP contribution is 2.29. The van der Waals surface area contributed by atoms with Crippen molar-refractivity contribution in [2.45, 2.75) is 18.7 Å². The molecule has 0 fully saturated rings. The highest BCUT2D eigenvalue weighted by molar-refractivity contribution is 6.32. The van der Waals surface area contributed by atoms with Gasteiger partial charge >= 0.3 is 19.7 Å². The average molecular weight is 194 g/mol. The average Bonchev–Trinajstić information content (AvgIpc) is 1.85. The van der Waals surface area contributed by atoms with Gasteiger partial charge in [0.2, 0.25) is 0 Å². The Kier molecular flexibility index (Phi) is 3.88. The minimum Gasteiger partial charge on any atom is -0.402 e. The molecular weight excluding hydrogens is 190 g/mol. The van der Waals surface area contributed by atoms with E-state index in [0.29, 0.717) is 0 Å². The van der Waals surface area contributed by atoms with Gasteiger partial charge in [-0.25, -0.2) is 13.2 Å². The Bertz CT molecular complexity index is 142. The van der Waals surface area contributed by atoms with Gasteiger partial charge in [-0.3, -0.25) is 0 Å². The summed E-state index contributed by atoms with van der Waals surface area (Å²) in [6.07, 6.45) is -8.02. The van der Waals surface area contributed by atoms with Gasteiger partial charge in [0.1, 0.15) is 0 Å². The van der Waals surface area contributed by atoms with Crippen LogP contribution < -0.4 is 0 Å². The van der Waals surface area contributed by atoms with E-state index in [1.54, 1.807) is 0 Å². The molecule has 0 aliphatic carbocycles. The van der Waals surface area contributed by atoms with Crippen LogP contribution in [0.3, 0.4) is 0 Å². The quantitative estimate of drug-likeness (QED) is 0.495. The minimum absolute atomic E-state index is 2.86. The lowest BCUT2D eigenvalue weighted by molar-refractivity contribution is -0.228. The van der Waals surface area contributed by atoms with Gasteiger partial charge in [0.05, 0.1) is 0 Å². The molecule has 0 heterocycles. The Morgan fingerprint density at radius 2 is 1.58 bits per heavy atom. The first kappa shape index (κ1) is 11.6. The molecule has 0 bridgehead atoms. The number of rotatable bonds is 4. The molecule has 0 aliphatic rings. The fourth-order valence-electron chi connectivity index (χ4n) is 0.297. The molecule has 1 atom stereocenters. The lowest BCUT2D eigenvalue weighted by atomic mass is 10.2. The summed E-state index contributed by atoms with van der Waals surface area (Å²) in [6.45, 7) is 0. The summed E-state index contributed by atoms with van der Waals surface area (Å²) in [7, 11) is -2.86. The Morgan fingerprint density at radius 1 is 1.17 bits per heavy atom. The lowest BCUT2D eigenvalue weighted by Gasteiger charge is -2.19. The van der Waals surface area contributed by atoms with Crippen LogP contribution in [0.5, 0.6) is 0 Å². The standard InChI is InChI=1S/C3H4BF5O3/c5-1(6)3(8,9)2(7)12-4(10)11/h1-2,10-11H. The number of halogens is 5. The van der Waals surface area contributed by atoms with Crippen LogP contribution in [0, 0.1) is 0 Å². The van der Waals surface area contributed by atoms with Crippen LogP contribution in [-0.4, -0.2) is 36.1 Å². The summed E-state index contributed by atoms with van der Waals surface area (Å²) in [5, 5.41) is 15.6. The van der Waals surface area contributed by atoms with Crippen LogP contribution in [0.4, 0.5) is 22.0 Å². The maximum absolute atomic E-state index is 11.9. The molecule has 1 unspecified atom stereocenters. The van der Waals surface area contributed by atoms with E-state index in [9.17, 15) is 22.0 Å². The molecule has 0 rings (SSSR count). The van der Waals surface area contributed by atoms with Crippen molar-refractivity contribution in [2.75, 3.05) is 0 Å². The Morgan fingerprint density at radius 3 is 1.83 bits per heavy atom. The highest BCUT2D eigenvalue weighted by Gasteiger charge is 2.51. The lowest BCUT2D eigenvalue weighted by Crippen LogP contribution is -2.42. The normalized spacial score (nSPS) is 15.0. The first-order valence-corrected chi connectivity index (χ1v) is 2.60. The third-order valence-corrected chi connectivity index (χ3v) is 0.835. The highest BCUT2D eigenvalue weighted by atomic mass is 19.3. The summed E-state index contributed by atoms with van der Waals surface area (Å²) >= 11 is 0. The van der Waals surface area contributed by atoms with Gasteiger partial charge in [0, 0.05) is 0 Å². The molecule has 0 spiro atoms. The van der Waals surface area contributed by atoms with Crippen molar-refractivity contribution in [3.05, 3.63) is 0 Å². The number of hydrogen-bond donors (Lipinski definition) is 2.